The minimum Gasteiger partial charge on any atom is -0.507 e. The van der Waals surface area contributed by atoms with Gasteiger partial charge in [-0.3, -0.25) is 14.5 Å². The van der Waals surface area contributed by atoms with Gasteiger partial charge in [-0.2, -0.15) is 0 Å². The van der Waals surface area contributed by atoms with E-state index in [9.17, 15) is 14.7 Å². The molecule has 1 amide bonds. The predicted octanol–water partition coefficient (Wildman–Crippen LogP) is 5.35. The number of aryl methyl sites for hydroxylation is 2. The number of amides is 1. The molecule has 178 valence electrons. The summed E-state index contributed by atoms with van der Waals surface area (Å²) in [7, 11) is 0. The van der Waals surface area contributed by atoms with Crippen LogP contribution in [0.15, 0.2) is 72.3 Å². The number of Topliss-reactive ketones (excluding diaryl/α,β-unsaturated/α-hetero) is 1. The van der Waals surface area contributed by atoms with E-state index in [2.05, 4.69) is 0 Å². The Kier molecular flexibility index (Phi) is 6.03. The van der Waals surface area contributed by atoms with Gasteiger partial charge in [0, 0.05) is 11.3 Å². The molecule has 3 aromatic rings. The average Bonchev–Trinajstić information content (AvgIpc) is 3.14. The van der Waals surface area contributed by atoms with Gasteiger partial charge < -0.3 is 14.6 Å². The van der Waals surface area contributed by atoms with Gasteiger partial charge in [-0.05, 0) is 80.3 Å². The summed E-state index contributed by atoms with van der Waals surface area (Å²) in [4.78, 5) is 28.2. The van der Waals surface area contributed by atoms with Gasteiger partial charge >= 0.3 is 0 Å². The van der Waals surface area contributed by atoms with Crippen molar-refractivity contribution in [3.8, 4) is 11.5 Å². The van der Waals surface area contributed by atoms with Crippen molar-refractivity contribution in [1.82, 2.24) is 0 Å². The second-order valence-corrected chi connectivity index (χ2v) is 8.78. The lowest BCUT2D eigenvalue weighted by Crippen LogP contribution is -2.29. The average molecular weight is 470 g/mol. The van der Waals surface area contributed by atoms with E-state index < -0.39 is 17.7 Å². The van der Waals surface area contributed by atoms with Crippen molar-refractivity contribution in [3.63, 3.8) is 0 Å². The largest absolute Gasteiger partial charge is 0.507 e. The van der Waals surface area contributed by atoms with Crippen molar-refractivity contribution in [3.05, 3.63) is 94.6 Å². The normalized spacial score (nSPS) is 18.8. The monoisotopic (exact) mass is 469 g/mol. The number of hydrogen-bond donors (Lipinski definition) is 1. The lowest BCUT2D eigenvalue weighted by Gasteiger charge is -2.26. The quantitative estimate of drug-likeness (QED) is 0.310. The molecule has 1 saturated heterocycles. The van der Waals surface area contributed by atoms with Crippen molar-refractivity contribution in [2.75, 3.05) is 18.1 Å². The molecule has 6 nitrogen and oxygen atoms in total. The number of carbonyl (C=O) groups is 2. The molecule has 1 N–H and O–H groups in total. The Morgan fingerprint density at radius 1 is 1.09 bits per heavy atom. The first kappa shape index (κ1) is 22.7. The van der Waals surface area contributed by atoms with Gasteiger partial charge in [0.2, 0.25) is 0 Å². The van der Waals surface area contributed by atoms with E-state index in [0.717, 1.165) is 35.3 Å². The Balaban J connectivity index is 1.66. The van der Waals surface area contributed by atoms with Gasteiger partial charge in [-0.25, -0.2) is 0 Å². The molecule has 3 aromatic carbocycles. The molecule has 2 aliphatic rings. The summed E-state index contributed by atoms with van der Waals surface area (Å²) in [6.07, 6.45) is 1.72. The van der Waals surface area contributed by atoms with E-state index in [0.29, 0.717) is 30.2 Å². The highest BCUT2D eigenvalue weighted by atomic mass is 16.5. The Bertz CT molecular complexity index is 1330. The fraction of sp³-hybridized carbons (Fsp3) is 0.241. The number of benzene rings is 3. The summed E-state index contributed by atoms with van der Waals surface area (Å²) in [6, 6.07) is 19.3. The van der Waals surface area contributed by atoms with Crippen LogP contribution in [-0.4, -0.2) is 30.0 Å². The molecule has 0 aromatic heterocycles. The number of hydrogen-bond acceptors (Lipinski definition) is 5. The Morgan fingerprint density at radius 2 is 1.89 bits per heavy atom. The Hall–Kier alpha value is -4.06. The maximum atomic E-state index is 13.4. The number of ketones is 1. The highest BCUT2D eigenvalue weighted by molar-refractivity contribution is 6.51. The number of aliphatic hydroxyl groups excluding tert-OH is 1. The zero-order valence-corrected chi connectivity index (χ0v) is 19.8. The lowest BCUT2D eigenvalue weighted by molar-refractivity contribution is -0.132. The molecule has 35 heavy (non-hydrogen) atoms. The number of fused-ring (bicyclic) bond motifs is 1. The van der Waals surface area contributed by atoms with Crippen LogP contribution in [0, 0.1) is 6.92 Å². The summed E-state index contributed by atoms with van der Waals surface area (Å²) in [6.45, 7) is 5.05. The van der Waals surface area contributed by atoms with Crippen molar-refractivity contribution >= 4 is 23.1 Å². The summed E-state index contributed by atoms with van der Waals surface area (Å²) < 4.78 is 11.2. The molecule has 0 spiro atoms. The topological polar surface area (TPSA) is 76.1 Å². The van der Waals surface area contributed by atoms with E-state index >= 15 is 0 Å². The molecule has 1 fully saturated rings. The molecule has 2 aliphatic heterocycles. The number of rotatable bonds is 5. The zero-order valence-electron chi connectivity index (χ0n) is 19.8. The van der Waals surface area contributed by atoms with Crippen LogP contribution in [-0.2, 0) is 16.0 Å². The highest BCUT2D eigenvalue weighted by Crippen LogP contribution is 2.43. The van der Waals surface area contributed by atoms with E-state index in [1.54, 1.807) is 30.3 Å². The molecule has 0 bridgehead atoms. The molecule has 5 rings (SSSR count). The second-order valence-electron chi connectivity index (χ2n) is 8.78. The first-order valence-corrected chi connectivity index (χ1v) is 11.8. The van der Waals surface area contributed by atoms with Gasteiger partial charge in [0.05, 0.1) is 24.8 Å². The van der Waals surface area contributed by atoms with E-state index in [1.165, 1.54) is 4.90 Å². The third-order valence-corrected chi connectivity index (χ3v) is 6.41. The van der Waals surface area contributed by atoms with Crippen molar-refractivity contribution in [2.45, 2.75) is 32.7 Å². The maximum Gasteiger partial charge on any atom is 0.300 e. The van der Waals surface area contributed by atoms with Crippen LogP contribution in [0.2, 0.25) is 0 Å². The third-order valence-electron chi connectivity index (χ3n) is 6.41. The molecule has 0 saturated carbocycles. The van der Waals surface area contributed by atoms with Gasteiger partial charge in [0.25, 0.3) is 11.7 Å². The number of ether oxygens (including phenoxy) is 2. The van der Waals surface area contributed by atoms with Gasteiger partial charge in [-0.15, -0.1) is 0 Å². The second kappa shape index (κ2) is 9.29. The molecule has 2 heterocycles. The smallest absolute Gasteiger partial charge is 0.300 e. The number of carbonyl (C=O) groups excluding carboxylic acids is 2. The number of aliphatic hydroxyl groups is 1. The number of anilines is 1. The summed E-state index contributed by atoms with van der Waals surface area (Å²) >= 11 is 0. The molecule has 1 unspecified atom stereocenters. The van der Waals surface area contributed by atoms with Crippen LogP contribution in [0.25, 0.3) is 5.76 Å². The standard InChI is InChI=1S/C29H27NO5/c1-3-34-23-12-10-22(11-13-23)30-26(20-7-4-6-18(2)16-20)25(28(32)29(30)33)27(31)21-9-14-24-19(17-21)8-5-15-35-24/h4,6-7,9-14,16-17,26,31H,3,5,8,15H2,1-2H3/b27-25-. The van der Waals surface area contributed by atoms with E-state index in [1.807, 2.05) is 50.2 Å². The lowest BCUT2D eigenvalue weighted by atomic mass is 9.93. The third kappa shape index (κ3) is 4.16. The molecule has 6 heteroatoms. The van der Waals surface area contributed by atoms with Crippen molar-refractivity contribution < 1.29 is 24.2 Å². The first-order valence-electron chi connectivity index (χ1n) is 11.8. The molecular formula is C29H27NO5. The fourth-order valence-corrected chi connectivity index (χ4v) is 4.79. The molecule has 1 atom stereocenters. The Morgan fingerprint density at radius 3 is 2.63 bits per heavy atom. The number of nitrogens with zero attached hydrogens (tertiary/aromatic N) is 1. The summed E-state index contributed by atoms with van der Waals surface area (Å²) in [5.74, 6) is -0.105. The van der Waals surface area contributed by atoms with Gasteiger partial charge in [-0.1, -0.05) is 29.8 Å². The van der Waals surface area contributed by atoms with Crippen LogP contribution in [0.5, 0.6) is 11.5 Å². The maximum absolute atomic E-state index is 13.4. The first-order chi connectivity index (χ1) is 17.0. The summed E-state index contributed by atoms with van der Waals surface area (Å²) in [5.41, 5.74) is 3.85. The fourth-order valence-electron chi connectivity index (χ4n) is 4.79. The SMILES string of the molecule is CCOc1ccc(N2C(=O)C(=O)/C(=C(\O)c3ccc4c(c3)CCCO4)C2c2cccc(C)c2)cc1. The summed E-state index contributed by atoms with van der Waals surface area (Å²) in [5, 5.41) is 11.4. The van der Waals surface area contributed by atoms with Crippen molar-refractivity contribution in [2.24, 2.45) is 0 Å². The zero-order chi connectivity index (χ0) is 24.5. The highest BCUT2D eigenvalue weighted by Gasteiger charge is 2.47. The van der Waals surface area contributed by atoms with Gasteiger partial charge in [0.1, 0.15) is 17.3 Å². The molecule has 0 aliphatic carbocycles. The van der Waals surface area contributed by atoms with Crippen molar-refractivity contribution in [1.29, 1.82) is 0 Å². The van der Waals surface area contributed by atoms with Crippen LogP contribution in [0.4, 0.5) is 5.69 Å². The van der Waals surface area contributed by atoms with Crippen LogP contribution in [0.3, 0.4) is 0 Å². The molecule has 0 radical (unpaired) electrons. The van der Waals surface area contributed by atoms with Crippen LogP contribution in [0.1, 0.15) is 41.6 Å². The van der Waals surface area contributed by atoms with Crippen LogP contribution < -0.4 is 14.4 Å². The van der Waals surface area contributed by atoms with E-state index in [4.69, 9.17) is 9.47 Å². The Labute approximate surface area is 204 Å². The minimum absolute atomic E-state index is 0.0752. The van der Waals surface area contributed by atoms with Gasteiger partial charge in [0.15, 0.2) is 0 Å². The minimum atomic E-state index is -0.764. The predicted molar refractivity (Wildman–Crippen MR) is 134 cm³/mol. The molecular weight excluding hydrogens is 442 g/mol. The van der Waals surface area contributed by atoms with E-state index in [-0.39, 0.29) is 11.3 Å². The van der Waals surface area contributed by atoms with Crippen LogP contribution >= 0.6 is 0 Å².